The van der Waals surface area contributed by atoms with E-state index in [4.69, 9.17) is 4.74 Å². The third-order valence-corrected chi connectivity index (χ3v) is 6.29. The highest BCUT2D eigenvalue weighted by molar-refractivity contribution is 6.00. The van der Waals surface area contributed by atoms with Gasteiger partial charge in [-0.15, -0.1) is 0 Å². The molecule has 0 bridgehead atoms. The van der Waals surface area contributed by atoms with Gasteiger partial charge in [0.05, 0.1) is 19.0 Å². The third-order valence-electron chi connectivity index (χ3n) is 6.29. The highest BCUT2D eigenvalue weighted by Gasteiger charge is 2.36. The quantitative estimate of drug-likeness (QED) is 0.411. The minimum absolute atomic E-state index is 0.0485. The fraction of sp³-hybridized carbons (Fsp3) is 0.269. The summed E-state index contributed by atoms with van der Waals surface area (Å²) in [5.41, 5.74) is 0.692. The first-order chi connectivity index (χ1) is 17.3. The molecule has 0 atom stereocenters. The summed E-state index contributed by atoms with van der Waals surface area (Å²) in [5.74, 6) is 0.194. The lowest BCUT2D eigenvalue weighted by molar-refractivity contribution is -0.142. The van der Waals surface area contributed by atoms with Gasteiger partial charge in [-0.3, -0.25) is 9.69 Å². The maximum absolute atomic E-state index is 13.9. The van der Waals surface area contributed by atoms with E-state index in [0.29, 0.717) is 42.0 Å². The van der Waals surface area contributed by atoms with Crippen molar-refractivity contribution >= 4 is 11.6 Å². The SMILES string of the molecule is COc1ccc(-c2cc(C(F)(F)F)n3ncc(C(=O)N4CCN(Cc5ccccc5)CC4)c3n2)cc1. The van der Waals surface area contributed by atoms with Gasteiger partial charge in [0.25, 0.3) is 5.91 Å². The Morgan fingerprint density at radius 3 is 2.33 bits per heavy atom. The molecule has 5 rings (SSSR count). The fourth-order valence-electron chi connectivity index (χ4n) is 4.35. The molecule has 0 N–H and O–H groups in total. The molecule has 7 nitrogen and oxygen atoms in total. The number of alkyl halides is 3. The van der Waals surface area contributed by atoms with E-state index in [1.165, 1.54) is 18.9 Å². The molecular weight excluding hydrogens is 471 g/mol. The van der Waals surface area contributed by atoms with E-state index < -0.39 is 11.9 Å². The van der Waals surface area contributed by atoms with E-state index in [9.17, 15) is 18.0 Å². The number of carbonyl (C=O) groups is 1. The lowest BCUT2D eigenvalue weighted by Crippen LogP contribution is -2.48. The van der Waals surface area contributed by atoms with Crippen molar-refractivity contribution in [2.24, 2.45) is 0 Å². The third kappa shape index (κ3) is 4.76. The first-order valence-corrected chi connectivity index (χ1v) is 11.5. The van der Waals surface area contributed by atoms with E-state index in [1.807, 2.05) is 18.2 Å². The molecule has 186 valence electrons. The van der Waals surface area contributed by atoms with Gasteiger partial charge in [-0.05, 0) is 35.9 Å². The molecule has 0 radical (unpaired) electrons. The first kappa shape index (κ1) is 23.8. The van der Waals surface area contributed by atoms with Crippen LogP contribution in [0.1, 0.15) is 21.6 Å². The van der Waals surface area contributed by atoms with Crippen molar-refractivity contribution < 1.29 is 22.7 Å². The molecular formula is C26H24F3N5O2. The maximum atomic E-state index is 13.9. The lowest BCUT2D eigenvalue weighted by atomic mass is 10.1. The van der Waals surface area contributed by atoms with Crippen LogP contribution in [0.2, 0.25) is 0 Å². The number of ether oxygens (including phenoxy) is 1. The van der Waals surface area contributed by atoms with Crippen molar-refractivity contribution in [2.75, 3.05) is 33.3 Å². The molecule has 2 aromatic heterocycles. The smallest absolute Gasteiger partial charge is 0.433 e. The van der Waals surface area contributed by atoms with E-state index in [2.05, 4.69) is 27.1 Å². The van der Waals surface area contributed by atoms with Crippen LogP contribution >= 0.6 is 0 Å². The second-order valence-electron chi connectivity index (χ2n) is 8.60. The number of hydrogen-bond acceptors (Lipinski definition) is 5. The number of benzene rings is 2. The summed E-state index contributed by atoms with van der Waals surface area (Å²) in [6.45, 7) is 3.04. The van der Waals surface area contributed by atoms with Crippen LogP contribution in [0.15, 0.2) is 66.9 Å². The van der Waals surface area contributed by atoms with Crippen molar-refractivity contribution in [3.05, 3.63) is 83.7 Å². The standard InChI is InChI=1S/C26H24F3N5O2/c1-36-20-9-7-19(8-10-20)22-15-23(26(27,28)29)34-24(31-22)21(16-30-34)25(35)33-13-11-32(12-14-33)17-18-5-3-2-4-6-18/h2-10,15-16H,11-14,17H2,1H3. The van der Waals surface area contributed by atoms with Crippen LogP contribution in [0, 0.1) is 0 Å². The first-order valence-electron chi connectivity index (χ1n) is 11.5. The molecule has 1 saturated heterocycles. The molecule has 1 amide bonds. The number of halogens is 3. The van der Waals surface area contributed by atoms with Gasteiger partial charge in [0.15, 0.2) is 11.3 Å². The average Bonchev–Trinajstić information content (AvgIpc) is 3.32. The van der Waals surface area contributed by atoms with Crippen LogP contribution in [0.3, 0.4) is 0 Å². The van der Waals surface area contributed by atoms with Crippen LogP contribution in [0.5, 0.6) is 5.75 Å². The monoisotopic (exact) mass is 495 g/mol. The van der Waals surface area contributed by atoms with Crippen molar-refractivity contribution in [3.63, 3.8) is 0 Å². The average molecular weight is 496 g/mol. The second kappa shape index (κ2) is 9.62. The molecule has 1 aliphatic rings. The Labute approximate surface area is 205 Å². The predicted molar refractivity (Wildman–Crippen MR) is 128 cm³/mol. The van der Waals surface area contributed by atoms with E-state index in [1.54, 1.807) is 29.2 Å². The second-order valence-corrected chi connectivity index (χ2v) is 8.60. The van der Waals surface area contributed by atoms with Gasteiger partial charge in [0.2, 0.25) is 0 Å². The Morgan fingerprint density at radius 2 is 1.69 bits per heavy atom. The molecule has 2 aromatic carbocycles. The minimum atomic E-state index is -4.68. The number of piperazine rings is 1. The summed E-state index contributed by atoms with van der Waals surface area (Å²) in [4.78, 5) is 21.7. The van der Waals surface area contributed by atoms with Gasteiger partial charge < -0.3 is 9.64 Å². The van der Waals surface area contributed by atoms with Crippen molar-refractivity contribution in [1.29, 1.82) is 0 Å². The summed E-state index contributed by atoms with van der Waals surface area (Å²) in [6, 6.07) is 17.5. The van der Waals surface area contributed by atoms with Gasteiger partial charge >= 0.3 is 6.18 Å². The van der Waals surface area contributed by atoms with Crippen LogP contribution in [0.4, 0.5) is 13.2 Å². The van der Waals surface area contributed by atoms with Gasteiger partial charge in [0, 0.05) is 38.3 Å². The molecule has 10 heteroatoms. The van der Waals surface area contributed by atoms with E-state index in [0.717, 1.165) is 12.6 Å². The normalized spacial score (nSPS) is 14.8. The van der Waals surface area contributed by atoms with Gasteiger partial charge in [-0.1, -0.05) is 30.3 Å². The number of rotatable bonds is 5. The Bertz CT molecular complexity index is 1360. The molecule has 0 unspecified atom stereocenters. The van der Waals surface area contributed by atoms with Crippen molar-refractivity contribution in [3.8, 4) is 17.0 Å². The number of fused-ring (bicyclic) bond motifs is 1. The molecule has 0 saturated carbocycles. The number of amides is 1. The Morgan fingerprint density at radius 1 is 1.00 bits per heavy atom. The zero-order valence-electron chi connectivity index (χ0n) is 19.6. The summed E-state index contributed by atoms with van der Waals surface area (Å²) >= 11 is 0. The molecule has 0 aliphatic carbocycles. The number of carbonyl (C=O) groups excluding carboxylic acids is 1. The molecule has 36 heavy (non-hydrogen) atoms. The summed E-state index contributed by atoms with van der Waals surface area (Å²) in [5, 5.41) is 3.89. The zero-order chi connectivity index (χ0) is 25.3. The largest absolute Gasteiger partial charge is 0.497 e. The number of nitrogens with zero attached hydrogens (tertiary/aromatic N) is 5. The van der Waals surface area contributed by atoms with Crippen molar-refractivity contribution in [2.45, 2.75) is 12.7 Å². The minimum Gasteiger partial charge on any atom is -0.497 e. The van der Waals surface area contributed by atoms with Crippen LogP contribution in [0.25, 0.3) is 16.9 Å². The highest BCUT2D eigenvalue weighted by Crippen LogP contribution is 2.33. The molecule has 3 heterocycles. The van der Waals surface area contributed by atoms with Gasteiger partial charge in [-0.25, -0.2) is 9.50 Å². The van der Waals surface area contributed by atoms with Crippen LogP contribution < -0.4 is 4.74 Å². The van der Waals surface area contributed by atoms with E-state index >= 15 is 0 Å². The van der Waals surface area contributed by atoms with Gasteiger partial charge in [0.1, 0.15) is 11.3 Å². The number of methoxy groups -OCH3 is 1. The number of hydrogen-bond donors (Lipinski definition) is 0. The van der Waals surface area contributed by atoms with Gasteiger partial charge in [-0.2, -0.15) is 18.3 Å². The fourth-order valence-corrected chi connectivity index (χ4v) is 4.35. The Hall–Kier alpha value is -3.92. The predicted octanol–water partition coefficient (Wildman–Crippen LogP) is 4.38. The number of aromatic nitrogens is 3. The Balaban J connectivity index is 1.42. The maximum Gasteiger partial charge on any atom is 0.433 e. The molecule has 1 fully saturated rings. The van der Waals surface area contributed by atoms with Crippen LogP contribution in [-0.4, -0.2) is 63.6 Å². The molecule has 4 aromatic rings. The van der Waals surface area contributed by atoms with Crippen molar-refractivity contribution in [1.82, 2.24) is 24.4 Å². The topological polar surface area (TPSA) is 63.0 Å². The summed E-state index contributed by atoms with van der Waals surface area (Å²) < 4.78 is 47.6. The summed E-state index contributed by atoms with van der Waals surface area (Å²) in [6.07, 6.45) is -3.51. The van der Waals surface area contributed by atoms with E-state index in [-0.39, 0.29) is 22.8 Å². The lowest BCUT2D eigenvalue weighted by Gasteiger charge is -2.34. The highest BCUT2D eigenvalue weighted by atomic mass is 19.4. The zero-order valence-corrected chi connectivity index (χ0v) is 19.6. The molecule has 0 spiro atoms. The Kier molecular flexibility index (Phi) is 6.36. The molecule has 1 aliphatic heterocycles. The van der Waals surface area contributed by atoms with Crippen LogP contribution in [-0.2, 0) is 12.7 Å². The summed E-state index contributed by atoms with van der Waals surface area (Å²) in [7, 11) is 1.51.